The van der Waals surface area contributed by atoms with Crippen molar-refractivity contribution in [3.05, 3.63) is 30.0 Å². The van der Waals surface area contributed by atoms with Crippen molar-refractivity contribution in [2.24, 2.45) is 11.8 Å². The molecule has 2 aliphatic rings. The first-order chi connectivity index (χ1) is 11.9. The Labute approximate surface area is 147 Å². The standard InChI is InChI=1S/C18H22N2O4S/c1-25(22,23)20-16-8-3-2-7-15(16)17(19-20)18(21)24-14-10-12-5-4-6-13(9-12)11-14/h2-3,7-8,12-14H,4-6,9-11H2,1H3. The molecular formula is C18H22N2O4S. The summed E-state index contributed by atoms with van der Waals surface area (Å²) in [6.07, 6.45) is 7.77. The van der Waals surface area contributed by atoms with E-state index in [1.807, 2.05) is 0 Å². The first kappa shape index (κ1) is 16.6. The number of aromatic nitrogens is 2. The van der Waals surface area contributed by atoms with E-state index in [1.54, 1.807) is 24.3 Å². The predicted octanol–water partition coefficient (Wildman–Crippen LogP) is 2.97. The number of hydrogen-bond donors (Lipinski definition) is 0. The van der Waals surface area contributed by atoms with Crippen LogP contribution in [0.3, 0.4) is 0 Å². The number of ether oxygens (including phenoxy) is 1. The molecule has 0 radical (unpaired) electrons. The highest BCUT2D eigenvalue weighted by molar-refractivity contribution is 7.89. The monoisotopic (exact) mass is 362 g/mol. The molecule has 0 spiro atoms. The zero-order valence-electron chi connectivity index (χ0n) is 14.2. The molecule has 1 aromatic heterocycles. The lowest BCUT2D eigenvalue weighted by Crippen LogP contribution is -2.33. The lowest BCUT2D eigenvalue weighted by Gasteiger charge is -2.38. The summed E-state index contributed by atoms with van der Waals surface area (Å²) in [6.45, 7) is 0. The van der Waals surface area contributed by atoms with Crippen molar-refractivity contribution in [1.82, 2.24) is 9.19 Å². The summed E-state index contributed by atoms with van der Waals surface area (Å²) in [7, 11) is -3.59. The molecule has 4 rings (SSSR count). The maximum atomic E-state index is 12.7. The van der Waals surface area contributed by atoms with Crippen molar-refractivity contribution in [3.63, 3.8) is 0 Å². The molecule has 1 aromatic carbocycles. The first-order valence-electron chi connectivity index (χ1n) is 8.81. The fraction of sp³-hybridized carbons (Fsp3) is 0.556. The SMILES string of the molecule is CS(=O)(=O)n1nc(C(=O)OC2CC3CCCC(C3)C2)c2ccccc21. The molecular weight excluding hydrogens is 340 g/mol. The number of hydrogen-bond acceptors (Lipinski definition) is 5. The fourth-order valence-electron chi connectivity index (χ4n) is 4.42. The van der Waals surface area contributed by atoms with Gasteiger partial charge in [-0.2, -0.15) is 4.09 Å². The van der Waals surface area contributed by atoms with Gasteiger partial charge >= 0.3 is 5.97 Å². The van der Waals surface area contributed by atoms with Gasteiger partial charge < -0.3 is 4.74 Å². The summed E-state index contributed by atoms with van der Waals surface area (Å²) in [4.78, 5) is 12.7. The fourth-order valence-corrected chi connectivity index (χ4v) is 5.16. The Balaban J connectivity index is 1.62. The van der Waals surface area contributed by atoms with Gasteiger partial charge in [-0.1, -0.05) is 37.5 Å². The third-order valence-corrected chi connectivity index (χ3v) is 6.33. The summed E-state index contributed by atoms with van der Waals surface area (Å²) in [6, 6.07) is 6.84. The topological polar surface area (TPSA) is 78.3 Å². The molecule has 2 bridgehead atoms. The minimum atomic E-state index is -3.59. The Morgan fingerprint density at radius 2 is 1.84 bits per heavy atom. The van der Waals surface area contributed by atoms with E-state index in [0.717, 1.165) is 23.2 Å². The van der Waals surface area contributed by atoms with Crippen LogP contribution in [0.1, 0.15) is 49.0 Å². The van der Waals surface area contributed by atoms with Crippen molar-refractivity contribution in [1.29, 1.82) is 0 Å². The van der Waals surface area contributed by atoms with Crippen LogP contribution in [-0.4, -0.2) is 35.9 Å². The number of carbonyl (C=O) groups excluding carboxylic acids is 1. The van der Waals surface area contributed by atoms with Gasteiger partial charge in [0.1, 0.15) is 6.10 Å². The molecule has 25 heavy (non-hydrogen) atoms. The number of carbonyl (C=O) groups is 1. The van der Waals surface area contributed by atoms with Crippen molar-refractivity contribution in [2.45, 2.75) is 44.6 Å². The van der Waals surface area contributed by atoms with Crippen LogP contribution < -0.4 is 0 Å². The molecule has 0 saturated heterocycles. The maximum Gasteiger partial charge on any atom is 0.359 e. The lowest BCUT2D eigenvalue weighted by atomic mass is 9.71. The quantitative estimate of drug-likeness (QED) is 0.785. The van der Waals surface area contributed by atoms with Crippen LogP contribution in [0.2, 0.25) is 0 Å². The molecule has 6 nitrogen and oxygen atoms in total. The van der Waals surface area contributed by atoms with Gasteiger partial charge in [-0.05, 0) is 37.2 Å². The zero-order valence-corrected chi connectivity index (χ0v) is 15.0. The molecule has 2 aliphatic carbocycles. The van der Waals surface area contributed by atoms with Gasteiger partial charge in [-0.3, -0.25) is 0 Å². The summed E-state index contributed by atoms with van der Waals surface area (Å²) in [5.74, 6) is 0.773. The number of fused-ring (bicyclic) bond motifs is 3. The number of nitrogens with zero attached hydrogens (tertiary/aromatic N) is 2. The predicted molar refractivity (Wildman–Crippen MR) is 93.9 cm³/mol. The first-order valence-corrected chi connectivity index (χ1v) is 10.7. The second-order valence-electron chi connectivity index (χ2n) is 7.37. The largest absolute Gasteiger partial charge is 0.458 e. The van der Waals surface area contributed by atoms with Crippen molar-refractivity contribution < 1.29 is 17.9 Å². The second-order valence-corrected chi connectivity index (χ2v) is 9.18. The molecule has 2 atom stereocenters. The lowest BCUT2D eigenvalue weighted by molar-refractivity contribution is -0.00412. The van der Waals surface area contributed by atoms with Crippen molar-refractivity contribution in [2.75, 3.05) is 6.26 Å². The van der Waals surface area contributed by atoms with Crippen LogP contribution in [0.4, 0.5) is 0 Å². The van der Waals surface area contributed by atoms with Crippen molar-refractivity contribution in [3.8, 4) is 0 Å². The molecule has 2 aromatic rings. The van der Waals surface area contributed by atoms with Crippen LogP contribution in [0, 0.1) is 11.8 Å². The molecule has 0 N–H and O–H groups in total. The molecule has 1 heterocycles. The van der Waals surface area contributed by atoms with Crippen LogP contribution in [-0.2, 0) is 14.8 Å². The number of benzene rings is 1. The van der Waals surface area contributed by atoms with Gasteiger partial charge in [-0.15, -0.1) is 5.10 Å². The highest BCUT2D eigenvalue weighted by Crippen LogP contribution is 2.41. The Hall–Kier alpha value is -1.89. The molecule has 2 unspecified atom stereocenters. The third-order valence-electron chi connectivity index (χ3n) is 5.42. The smallest absolute Gasteiger partial charge is 0.359 e. The third kappa shape index (κ3) is 3.17. The molecule has 7 heteroatoms. The average Bonchev–Trinajstić information content (AvgIpc) is 2.94. The summed E-state index contributed by atoms with van der Waals surface area (Å²) >= 11 is 0. The van der Waals surface area contributed by atoms with Gasteiger partial charge in [-0.25, -0.2) is 13.2 Å². The van der Waals surface area contributed by atoms with E-state index in [0.29, 0.717) is 22.7 Å². The average molecular weight is 362 g/mol. The van der Waals surface area contributed by atoms with E-state index >= 15 is 0 Å². The molecule has 2 saturated carbocycles. The maximum absolute atomic E-state index is 12.7. The van der Waals surface area contributed by atoms with Crippen LogP contribution in [0.25, 0.3) is 10.9 Å². The zero-order chi connectivity index (χ0) is 17.6. The van der Waals surface area contributed by atoms with E-state index in [9.17, 15) is 13.2 Å². The Morgan fingerprint density at radius 3 is 2.52 bits per heavy atom. The summed E-state index contributed by atoms with van der Waals surface area (Å²) in [5.41, 5.74) is 0.481. The van der Waals surface area contributed by atoms with Crippen LogP contribution >= 0.6 is 0 Å². The van der Waals surface area contributed by atoms with Gasteiger partial charge in [0.05, 0.1) is 11.8 Å². The summed E-state index contributed by atoms with van der Waals surface area (Å²) < 4.78 is 30.6. The van der Waals surface area contributed by atoms with E-state index in [2.05, 4.69) is 5.10 Å². The van der Waals surface area contributed by atoms with Gasteiger partial charge in [0.2, 0.25) is 0 Å². The minimum absolute atomic E-state index is 0.0803. The second kappa shape index (κ2) is 6.12. The Kier molecular flexibility index (Phi) is 4.06. The Morgan fingerprint density at radius 1 is 1.16 bits per heavy atom. The molecule has 2 fully saturated rings. The van der Waals surface area contributed by atoms with Crippen LogP contribution in [0.15, 0.2) is 24.3 Å². The van der Waals surface area contributed by atoms with E-state index < -0.39 is 16.0 Å². The van der Waals surface area contributed by atoms with Gasteiger partial charge in [0.25, 0.3) is 10.0 Å². The summed E-state index contributed by atoms with van der Waals surface area (Å²) in [5, 5.41) is 4.56. The molecule has 134 valence electrons. The van der Waals surface area contributed by atoms with Gasteiger partial charge in [0.15, 0.2) is 5.69 Å². The number of para-hydroxylation sites is 1. The minimum Gasteiger partial charge on any atom is -0.458 e. The highest BCUT2D eigenvalue weighted by atomic mass is 32.2. The molecule has 0 amide bonds. The highest BCUT2D eigenvalue weighted by Gasteiger charge is 2.34. The van der Waals surface area contributed by atoms with E-state index in [4.69, 9.17) is 4.74 Å². The van der Waals surface area contributed by atoms with Gasteiger partial charge in [0, 0.05) is 5.39 Å². The van der Waals surface area contributed by atoms with E-state index in [1.165, 1.54) is 25.7 Å². The normalized spacial score (nSPS) is 26.5. The van der Waals surface area contributed by atoms with E-state index in [-0.39, 0.29) is 11.8 Å². The molecule has 0 aliphatic heterocycles. The van der Waals surface area contributed by atoms with Crippen molar-refractivity contribution >= 4 is 26.9 Å². The Bertz CT molecular complexity index is 906. The number of rotatable bonds is 3. The van der Waals surface area contributed by atoms with Crippen LogP contribution in [0.5, 0.6) is 0 Å². The number of esters is 1.